The van der Waals surface area contributed by atoms with Crippen LogP contribution in [0.5, 0.6) is 0 Å². The first-order chi connectivity index (χ1) is 8.31. The van der Waals surface area contributed by atoms with Crippen LogP contribution in [0, 0.1) is 0 Å². The minimum absolute atomic E-state index is 0.743. The molecular weight excluding hydrogens is 210 g/mol. The van der Waals surface area contributed by atoms with Crippen molar-refractivity contribution < 1.29 is 0 Å². The lowest BCUT2D eigenvalue weighted by Gasteiger charge is -2.24. The lowest BCUT2D eigenvalue weighted by molar-refractivity contribution is 0.702. The smallest absolute Gasteiger partial charge is 0.0615 e. The molecule has 3 heteroatoms. The van der Waals surface area contributed by atoms with Crippen LogP contribution in [0.25, 0.3) is 0 Å². The van der Waals surface area contributed by atoms with Crippen molar-refractivity contribution in [2.75, 3.05) is 17.8 Å². The second-order valence-corrected chi connectivity index (χ2v) is 3.84. The van der Waals surface area contributed by atoms with E-state index in [1.165, 1.54) is 0 Å². The number of rotatable bonds is 4. The Morgan fingerprint density at radius 1 is 1.00 bits per heavy atom. The lowest BCUT2D eigenvalue weighted by Crippen LogP contribution is -2.34. The first-order valence-corrected chi connectivity index (χ1v) is 5.64. The maximum Gasteiger partial charge on any atom is 0.0615 e. The average Bonchev–Trinajstić information content (AvgIpc) is 2.39. The minimum atomic E-state index is 0.743. The summed E-state index contributed by atoms with van der Waals surface area (Å²) in [5.74, 6) is 0. The Morgan fingerprint density at radius 2 is 1.65 bits per heavy atom. The number of anilines is 2. The van der Waals surface area contributed by atoms with Crippen molar-refractivity contribution in [1.29, 1.82) is 0 Å². The van der Waals surface area contributed by atoms with Crippen LogP contribution in [-0.4, -0.2) is 7.05 Å². The predicted molar refractivity (Wildman–Crippen MR) is 72.5 cm³/mol. The molecule has 0 radical (unpaired) electrons. The Kier molecular flexibility index (Phi) is 3.62. The van der Waals surface area contributed by atoms with Crippen LogP contribution < -0.4 is 16.2 Å². The largest absolute Gasteiger partial charge is 0.398 e. The van der Waals surface area contributed by atoms with Gasteiger partial charge in [-0.15, -0.1) is 0 Å². The number of hydrazine groups is 1. The first-order valence-electron chi connectivity index (χ1n) is 5.64. The maximum absolute atomic E-state index is 5.95. The van der Waals surface area contributed by atoms with Gasteiger partial charge in [0.05, 0.1) is 12.2 Å². The molecule has 0 aromatic heterocycles. The van der Waals surface area contributed by atoms with E-state index in [9.17, 15) is 0 Å². The van der Waals surface area contributed by atoms with Gasteiger partial charge in [-0.3, -0.25) is 0 Å². The van der Waals surface area contributed by atoms with Gasteiger partial charge in [-0.05, 0) is 23.8 Å². The molecule has 2 aromatic carbocycles. The van der Waals surface area contributed by atoms with Gasteiger partial charge in [0.2, 0.25) is 0 Å². The first kappa shape index (κ1) is 11.5. The van der Waals surface area contributed by atoms with Crippen molar-refractivity contribution in [2.24, 2.45) is 0 Å². The molecule has 0 spiro atoms. The summed E-state index contributed by atoms with van der Waals surface area (Å²) < 4.78 is 0. The molecule has 17 heavy (non-hydrogen) atoms. The van der Waals surface area contributed by atoms with Gasteiger partial charge in [-0.25, -0.2) is 5.43 Å². The molecule has 0 amide bonds. The molecule has 0 aliphatic heterocycles. The van der Waals surface area contributed by atoms with Crippen molar-refractivity contribution in [1.82, 2.24) is 5.43 Å². The van der Waals surface area contributed by atoms with Crippen molar-refractivity contribution >= 4 is 11.4 Å². The Balaban J connectivity index is 2.19. The molecule has 2 aromatic rings. The highest BCUT2D eigenvalue weighted by molar-refractivity contribution is 5.51. The molecule has 0 fully saturated rings. The Hall–Kier alpha value is -2.00. The van der Waals surface area contributed by atoms with Gasteiger partial charge in [0, 0.05) is 12.7 Å². The second kappa shape index (κ2) is 5.37. The monoisotopic (exact) mass is 227 g/mol. The van der Waals surface area contributed by atoms with Crippen molar-refractivity contribution in [3.8, 4) is 0 Å². The van der Waals surface area contributed by atoms with E-state index in [0.29, 0.717) is 0 Å². The number of nitrogens with one attached hydrogen (secondary N) is 1. The van der Waals surface area contributed by atoms with Crippen LogP contribution in [0.1, 0.15) is 5.56 Å². The Labute approximate surface area is 102 Å². The summed E-state index contributed by atoms with van der Waals surface area (Å²) in [7, 11) is 1.91. The van der Waals surface area contributed by atoms with E-state index >= 15 is 0 Å². The molecule has 0 aliphatic carbocycles. The quantitative estimate of drug-likeness (QED) is 0.622. The summed E-state index contributed by atoms with van der Waals surface area (Å²) in [5, 5.41) is 2.06. The maximum atomic E-state index is 5.95. The summed E-state index contributed by atoms with van der Waals surface area (Å²) in [5.41, 5.74) is 12.2. The zero-order chi connectivity index (χ0) is 12.1. The SMILES string of the molecule is CNN(Cc1ccccc1N)c1ccccc1. The molecule has 0 heterocycles. The number of hydrogen-bond donors (Lipinski definition) is 2. The molecule has 88 valence electrons. The van der Waals surface area contributed by atoms with Crippen LogP contribution in [-0.2, 0) is 6.54 Å². The van der Waals surface area contributed by atoms with E-state index < -0.39 is 0 Å². The van der Waals surface area contributed by atoms with Crippen LogP contribution in [0.2, 0.25) is 0 Å². The highest BCUT2D eigenvalue weighted by Crippen LogP contribution is 2.17. The van der Waals surface area contributed by atoms with Crippen LogP contribution >= 0.6 is 0 Å². The molecule has 3 N–H and O–H groups in total. The van der Waals surface area contributed by atoms with Crippen molar-refractivity contribution in [3.63, 3.8) is 0 Å². The zero-order valence-corrected chi connectivity index (χ0v) is 9.93. The number of nitrogens with two attached hydrogens (primary N) is 1. The molecular formula is C14H17N3. The topological polar surface area (TPSA) is 41.3 Å². The third-order valence-corrected chi connectivity index (χ3v) is 2.72. The molecule has 0 atom stereocenters. The highest BCUT2D eigenvalue weighted by Gasteiger charge is 2.06. The fraction of sp³-hybridized carbons (Fsp3) is 0.143. The summed E-state index contributed by atoms with van der Waals surface area (Å²) in [6.45, 7) is 0.743. The molecule has 0 saturated carbocycles. The van der Waals surface area contributed by atoms with Gasteiger partial charge in [0.25, 0.3) is 0 Å². The van der Waals surface area contributed by atoms with E-state index in [1.54, 1.807) is 0 Å². The summed E-state index contributed by atoms with van der Waals surface area (Å²) in [6.07, 6.45) is 0. The molecule has 3 nitrogen and oxygen atoms in total. The second-order valence-electron chi connectivity index (χ2n) is 3.84. The average molecular weight is 227 g/mol. The van der Waals surface area contributed by atoms with E-state index in [0.717, 1.165) is 23.5 Å². The third-order valence-electron chi connectivity index (χ3n) is 2.72. The van der Waals surface area contributed by atoms with Crippen LogP contribution in [0.4, 0.5) is 11.4 Å². The molecule has 0 unspecified atom stereocenters. The van der Waals surface area contributed by atoms with Crippen molar-refractivity contribution in [3.05, 3.63) is 60.2 Å². The summed E-state index contributed by atoms with van der Waals surface area (Å²) >= 11 is 0. The fourth-order valence-corrected chi connectivity index (χ4v) is 1.76. The van der Waals surface area contributed by atoms with Gasteiger partial charge in [-0.1, -0.05) is 36.4 Å². The van der Waals surface area contributed by atoms with Gasteiger partial charge in [-0.2, -0.15) is 0 Å². The van der Waals surface area contributed by atoms with E-state index in [1.807, 2.05) is 49.5 Å². The number of nitrogen functional groups attached to an aromatic ring is 1. The van der Waals surface area contributed by atoms with Crippen molar-refractivity contribution in [2.45, 2.75) is 6.54 Å². The number of para-hydroxylation sites is 2. The summed E-state index contributed by atoms with van der Waals surface area (Å²) in [6, 6.07) is 18.1. The Bertz CT molecular complexity index is 468. The van der Waals surface area contributed by atoms with E-state index in [4.69, 9.17) is 5.73 Å². The minimum Gasteiger partial charge on any atom is -0.398 e. The number of hydrogen-bond acceptors (Lipinski definition) is 3. The van der Waals surface area contributed by atoms with Gasteiger partial charge in [0.15, 0.2) is 0 Å². The zero-order valence-electron chi connectivity index (χ0n) is 9.93. The normalized spacial score (nSPS) is 10.2. The van der Waals surface area contributed by atoms with Crippen LogP contribution in [0.15, 0.2) is 54.6 Å². The highest BCUT2D eigenvalue weighted by atomic mass is 15.5. The fourth-order valence-electron chi connectivity index (χ4n) is 1.76. The Morgan fingerprint density at radius 3 is 2.29 bits per heavy atom. The van der Waals surface area contributed by atoms with E-state index in [-0.39, 0.29) is 0 Å². The van der Waals surface area contributed by atoms with E-state index in [2.05, 4.69) is 22.6 Å². The molecule has 0 aliphatic rings. The molecule has 2 rings (SSSR count). The standard InChI is InChI=1S/C14H17N3/c1-16-17(13-8-3-2-4-9-13)11-12-7-5-6-10-14(12)15/h2-10,16H,11,15H2,1H3. The molecule has 0 bridgehead atoms. The predicted octanol–water partition coefficient (Wildman–Crippen LogP) is 2.41. The third kappa shape index (κ3) is 2.77. The van der Waals surface area contributed by atoms with Gasteiger partial charge >= 0.3 is 0 Å². The number of nitrogens with zero attached hydrogens (tertiary/aromatic N) is 1. The summed E-state index contributed by atoms with van der Waals surface area (Å²) in [4.78, 5) is 0. The molecule has 0 saturated heterocycles. The van der Waals surface area contributed by atoms with Gasteiger partial charge in [0.1, 0.15) is 0 Å². The number of benzene rings is 2. The van der Waals surface area contributed by atoms with Crippen LogP contribution in [0.3, 0.4) is 0 Å². The van der Waals surface area contributed by atoms with Gasteiger partial charge < -0.3 is 10.7 Å². The lowest BCUT2D eigenvalue weighted by atomic mass is 10.1.